The topological polar surface area (TPSA) is 64.6 Å². The summed E-state index contributed by atoms with van der Waals surface area (Å²) in [7, 11) is 1.31. The quantitative estimate of drug-likeness (QED) is 0.518. The van der Waals surface area contributed by atoms with Crippen LogP contribution in [0.1, 0.15) is 27.2 Å². The molecule has 0 spiro atoms. The summed E-state index contributed by atoms with van der Waals surface area (Å²) in [5, 5.41) is 2.63. The van der Waals surface area contributed by atoms with Crippen molar-refractivity contribution in [3.8, 4) is 0 Å². The van der Waals surface area contributed by atoms with Crippen LogP contribution in [0.5, 0.6) is 0 Å². The molecule has 0 aromatic carbocycles. The van der Waals surface area contributed by atoms with Crippen molar-refractivity contribution in [2.45, 2.75) is 33.2 Å². The summed E-state index contributed by atoms with van der Waals surface area (Å²) in [5.74, 6) is -0.610. The summed E-state index contributed by atoms with van der Waals surface area (Å²) in [6.45, 7) is 6.52. The van der Waals surface area contributed by atoms with Crippen molar-refractivity contribution < 1.29 is 19.1 Å². The van der Waals surface area contributed by atoms with Gasteiger partial charge in [-0.1, -0.05) is 13.8 Å². The van der Waals surface area contributed by atoms with Gasteiger partial charge in [-0.25, -0.2) is 4.79 Å². The first-order valence-corrected chi connectivity index (χ1v) is 5.47. The van der Waals surface area contributed by atoms with E-state index >= 15 is 0 Å². The number of carbonyl (C=O) groups excluding carboxylic acids is 2. The molecule has 16 heavy (non-hydrogen) atoms. The monoisotopic (exact) mass is 231 g/mol. The highest BCUT2D eigenvalue weighted by molar-refractivity contribution is 5.84. The summed E-state index contributed by atoms with van der Waals surface area (Å²) in [6.07, 6.45) is 0.258. The van der Waals surface area contributed by atoms with Crippen LogP contribution >= 0.6 is 0 Å². The van der Waals surface area contributed by atoms with Gasteiger partial charge >= 0.3 is 5.97 Å². The Balaban J connectivity index is 4.09. The molecule has 1 N–H and O–H groups in total. The van der Waals surface area contributed by atoms with Crippen LogP contribution in [-0.4, -0.2) is 38.2 Å². The smallest absolute Gasteiger partial charge is 0.328 e. The Hall–Kier alpha value is -1.10. The lowest BCUT2D eigenvalue weighted by Crippen LogP contribution is -2.45. The van der Waals surface area contributed by atoms with Gasteiger partial charge < -0.3 is 14.8 Å². The van der Waals surface area contributed by atoms with Crippen LogP contribution in [0.4, 0.5) is 0 Å². The predicted molar refractivity (Wildman–Crippen MR) is 59.9 cm³/mol. The van der Waals surface area contributed by atoms with Crippen molar-refractivity contribution in [3.63, 3.8) is 0 Å². The predicted octanol–water partition coefficient (Wildman–Crippen LogP) is 0.727. The van der Waals surface area contributed by atoms with Crippen LogP contribution in [-0.2, 0) is 19.1 Å². The van der Waals surface area contributed by atoms with E-state index in [1.807, 2.05) is 20.8 Å². The normalized spacial score (nSPS) is 12.3. The lowest BCUT2D eigenvalue weighted by Gasteiger charge is -2.19. The van der Waals surface area contributed by atoms with Crippen LogP contribution in [0.3, 0.4) is 0 Å². The number of ether oxygens (including phenoxy) is 2. The number of rotatable bonds is 7. The second-order valence-corrected chi connectivity index (χ2v) is 3.76. The number of hydrogen-bond donors (Lipinski definition) is 1. The molecule has 94 valence electrons. The zero-order chi connectivity index (χ0) is 12.6. The van der Waals surface area contributed by atoms with Crippen molar-refractivity contribution in [2.24, 2.45) is 5.92 Å². The number of amides is 1. The van der Waals surface area contributed by atoms with Crippen LogP contribution in [0.2, 0.25) is 0 Å². The molecule has 0 aliphatic carbocycles. The minimum Gasteiger partial charge on any atom is -0.467 e. The van der Waals surface area contributed by atoms with E-state index in [2.05, 4.69) is 10.1 Å². The fraction of sp³-hybridized carbons (Fsp3) is 0.818. The number of methoxy groups -OCH3 is 1. The number of hydrogen-bond acceptors (Lipinski definition) is 4. The van der Waals surface area contributed by atoms with Crippen molar-refractivity contribution in [1.82, 2.24) is 5.32 Å². The number of esters is 1. The van der Waals surface area contributed by atoms with Gasteiger partial charge in [-0.05, 0) is 12.8 Å². The van der Waals surface area contributed by atoms with Crippen LogP contribution in [0.15, 0.2) is 0 Å². The first-order chi connectivity index (χ1) is 7.52. The van der Waals surface area contributed by atoms with Gasteiger partial charge in [0.15, 0.2) is 0 Å². The molecule has 0 saturated heterocycles. The average molecular weight is 231 g/mol. The molecule has 0 rings (SSSR count). The first kappa shape index (κ1) is 14.9. The minimum atomic E-state index is -0.584. The van der Waals surface area contributed by atoms with E-state index in [-0.39, 0.29) is 18.2 Å². The Labute approximate surface area is 96.5 Å². The summed E-state index contributed by atoms with van der Waals surface area (Å²) in [5.41, 5.74) is 0. The molecule has 0 aliphatic heterocycles. The highest BCUT2D eigenvalue weighted by atomic mass is 16.5. The highest BCUT2D eigenvalue weighted by Gasteiger charge is 2.24. The van der Waals surface area contributed by atoms with Gasteiger partial charge in [-0.2, -0.15) is 0 Å². The third-order valence-electron chi connectivity index (χ3n) is 2.12. The van der Waals surface area contributed by atoms with Gasteiger partial charge in [0.25, 0.3) is 0 Å². The molecule has 0 radical (unpaired) electrons. The zero-order valence-electron chi connectivity index (χ0n) is 10.4. The SMILES string of the molecule is CCOCCC(=O)NC(C(=O)OC)C(C)C. The van der Waals surface area contributed by atoms with Crippen molar-refractivity contribution in [1.29, 1.82) is 0 Å². The van der Waals surface area contributed by atoms with Gasteiger partial charge in [0.2, 0.25) is 5.91 Å². The number of nitrogens with one attached hydrogen (secondary N) is 1. The molecule has 0 aromatic heterocycles. The highest BCUT2D eigenvalue weighted by Crippen LogP contribution is 2.03. The molecule has 5 nitrogen and oxygen atoms in total. The van der Waals surface area contributed by atoms with E-state index in [1.165, 1.54) is 7.11 Å². The van der Waals surface area contributed by atoms with E-state index in [9.17, 15) is 9.59 Å². The summed E-state index contributed by atoms with van der Waals surface area (Å²) < 4.78 is 9.67. The lowest BCUT2D eigenvalue weighted by molar-refractivity contribution is -0.146. The molecule has 1 amide bonds. The maximum atomic E-state index is 11.5. The average Bonchev–Trinajstić information content (AvgIpc) is 2.25. The Bertz CT molecular complexity index is 228. The number of carbonyl (C=O) groups is 2. The Morgan fingerprint density at radius 2 is 1.94 bits per heavy atom. The summed E-state index contributed by atoms with van der Waals surface area (Å²) >= 11 is 0. The van der Waals surface area contributed by atoms with E-state index in [0.29, 0.717) is 13.2 Å². The molecule has 1 unspecified atom stereocenters. The molecule has 1 atom stereocenters. The Morgan fingerprint density at radius 1 is 1.31 bits per heavy atom. The van der Waals surface area contributed by atoms with Crippen molar-refractivity contribution >= 4 is 11.9 Å². The molecule has 0 heterocycles. The van der Waals surface area contributed by atoms with Gasteiger partial charge in [0.05, 0.1) is 13.7 Å². The van der Waals surface area contributed by atoms with Crippen molar-refractivity contribution in [3.05, 3.63) is 0 Å². The van der Waals surface area contributed by atoms with E-state index in [4.69, 9.17) is 4.74 Å². The fourth-order valence-electron chi connectivity index (χ4n) is 1.18. The molecular weight excluding hydrogens is 210 g/mol. The standard InChI is InChI=1S/C11H21NO4/c1-5-16-7-6-9(13)12-10(8(2)3)11(14)15-4/h8,10H,5-7H2,1-4H3,(H,12,13). The molecule has 0 fully saturated rings. The van der Waals surface area contributed by atoms with Crippen LogP contribution in [0.25, 0.3) is 0 Å². The Kier molecular flexibility index (Phi) is 7.54. The third-order valence-corrected chi connectivity index (χ3v) is 2.12. The second-order valence-electron chi connectivity index (χ2n) is 3.76. The largest absolute Gasteiger partial charge is 0.467 e. The van der Waals surface area contributed by atoms with Gasteiger partial charge in [-0.15, -0.1) is 0 Å². The molecule has 0 bridgehead atoms. The molecular formula is C11H21NO4. The molecule has 0 aliphatic rings. The van der Waals surface area contributed by atoms with Crippen LogP contribution in [0, 0.1) is 5.92 Å². The van der Waals surface area contributed by atoms with E-state index in [1.54, 1.807) is 0 Å². The van der Waals surface area contributed by atoms with Crippen LogP contribution < -0.4 is 5.32 Å². The second kappa shape index (κ2) is 8.10. The Morgan fingerprint density at radius 3 is 2.38 bits per heavy atom. The van der Waals surface area contributed by atoms with E-state index < -0.39 is 12.0 Å². The maximum Gasteiger partial charge on any atom is 0.328 e. The third kappa shape index (κ3) is 5.70. The van der Waals surface area contributed by atoms with Gasteiger partial charge in [-0.3, -0.25) is 4.79 Å². The molecule has 5 heteroatoms. The minimum absolute atomic E-state index is 0.00323. The van der Waals surface area contributed by atoms with Crippen molar-refractivity contribution in [2.75, 3.05) is 20.3 Å². The summed E-state index contributed by atoms with van der Waals surface area (Å²) in [4.78, 5) is 22.8. The lowest BCUT2D eigenvalue weighted by atomic mass is 10.0. The molecule has 0 saturated carbocycles. The summed E-state index contributed by atoms with van der Waals surface area (Å²) in [6, 6.07) is -0.584. The van der Waals surface area contributed by atoms with Gasteiger partial charge in [0.1, 0.15) is 6.04 Å². The zero-order valence-corrected chi connectivity index (χ0v) is 10.4. The van der Waals surface area contributed by atoms with Gasteiger partial charge in [0, 0.05) is 13.0 Å². The first-order valence-electron chi connectivity index (χ1n) is 5.47. The maximum absolute atomic E-state index is 11.5. The fourth-order valence-corrected chi connectivity index (χ4v) is 1.18. The molecule has 0 aromatic rings. The van der Waals surface area contributed by atoms with E-state index in [0.717, 1.165) is 0 Å².